The molecule has 4 bridgehead atoms. The number of aliphatic carboxylic acids is 1. The number of carbonyl (C=O) groups is 3. The van der Waals surface area contributed by atoms with Gasteiger partial charge in [-0.3, -0.25) is 9.59 Å². The number of likely N-dealkylation sites (N-methyl/N-ethyl adjacent to an activating group) is 1. The average Bonchev–Trinajstić information content (AvgIpc) is 4.04. The molecule has 1 atom stereocenters. The fourth-order valence-corrected chi connectivity index (χ4v) is 8.13. The zero-order chi connectivity index (χ0) is 41.1. The third-order valence-electron chi connectivity index (χ3n) is 9.34. The number of nitrogens with one attached hydrogen (secondary N) is 2. The molecular formula is C40H37F4N5O7S. The summed E-state index contributed by atoms with van der Waals surface area (Å²) in [5.74, 6) is -3.17. The lowest BCUT2D eigenvalue weighted by Crippen LogP contribution is -2.35. The van der Waals surface area contributed by atoms with Gasteiger partial charge in [-0.15, -0.1) is 0 Å². The van der Waals surface area contributed by atoms with Crippen LogP contribution in [0.4, 0.5) is 34.8 Å². The lowest BCUT2D eigenvalue weighted by Gasteiger charge is -2.28. The molecule has 2 aliphatic rings. The van der Waals surface area contributed by atoms with Crippen LogP contribution in [-0.4, -0.2) is 59.7 Å². The highest BCUT2D eigenvalue weighted by molar-refractivity contribution is 7.92. The molecule has 0 spiro atoms. The van der Waals surface area contributed by atoms with E-state index in [0.29, 0.717) is 59.5 Å². The predicted octanol–water partition coefficient (Wildman–Crippen LogP) is 6.80. The van der Waals surface area contributed by atoms with Crippen LogP contribution in [0.2, 0.25) is 0 Å². The Bertz CT molecular complexity index is 2450. The molecular weight excluding hydrogens is 771 g/mol. The number of nitrogens with zero attached hydrogens (tertiary/aromatic N) is 2. The number of nitrogens with two attached hydrogens (primary N) is 1. The van der Waals surface area contributed by atoms with Gasteiger partial charge in [0.1, 0.15) is 30.0 Å². The average molecular weight is 808 g/mol. The van der Waals surface area contributed by atoms with Crippen molar-refractivity contribution in [2.24, 2.45) is 0 Å². The van der Waals surface area contributed by atoms with Gasteiger partial charge < -0.3 is 31.1 Å². The number of benzene rings is 4. The fraction of sp³-hybridized carbons (Fsp3) is 0.250. The van der Waals surface area contributed by atoms with Crippen LogP contribution >= 0.6 is 0 Å². The fourth-order valence-electron chi connectivity index (χ4n) is 6.27. The second-order valence-electron chi connectivity index (χ2n) is 13.6. The van der Waals surface area contributed by atoms with E-state index in [4.69, 9.17) is 20.4 Å². The largest absolute Gasteiger partial charge is 0.490 e. The van der Waals surface area contributed by atoms with Gasteiger partial charge in [-0.1, -0.05) is 36.4 Å². The molecule has 12 nitrogen and oxygen atoms in total. The molecule has 57 heavy (non-hydrogen) atoms. The number of sulfone groups is 1. The normalized spacial score (nSPS) is 16.2. The van der Waals surface area contributed by atoms with Crippen molar-refractivity contribution in [2.75, 3.05) is 23.4 Å². The molecule has 1 fully saturated rings. The number of aromatic nitrogens is 1. The first-order valence-corrected chi connectivity index (χ1v) is 19.2. The summed E-state index contributed by atoms with van der Waals surface area (Å²) in [5.41, 5.74) is 9.58. The van der Waals surface area contributed by atoms with Crippen molar-refractivity contribution in [3.8, 4) is 5.75 Å². The highest BCUT2D eigenvalue weighted by Crippen LogP contribution is 2.37. The second-order valence-corrected chi connectivity index (χ2v) is 15.8. The molecule has 5 N–H and O–H groups in total. The van der Waals surface area contributed by atoms with E-state index in [0.717, 1.165) is 17.3 Å². The van der Waals surface area contributed by atoms with Gasteiger partial charge in [0.25, 0.3) is 0 Å². The Morgan fingerprint density at radius 2 is 1.70 bits per heavy atom. The number of nitrogen functional groups attached to an aromatic ring is 1. The second kappa shape index (κ2) is 16.5. The first-order valence-electron chi connectivity index (χ1n) is 17.6. The Kier molecular flexibility index (Phi) is 11.7. The number of ether oxygens (including phenoxy) is 1. The molecule has 2 amide bonds. The quantitative estimate of drug-likeness (QED) is 0.128. The standard InChI is InChI=1S/C38H36FN5O5S.C2HF3O2/c1-44-21-26-18-27(10-15-34(26)50(47,48)29-11-12-29)42-35(45)16-8-24-17-25(7-14-33(24)49-22-23-5-3-2-4-6-23)36(38(44)46)43-28-9-13-30-31(19-28)32(39)20-41-37(30)40;3-2(4,5)1(6)7/h2-7,9-10,13-15,17-20,29,36,43H,8,11-12,16,21-22H2,1H3,(H2,40,41)(H,42,45);(H,6,7)/t36-;/m1./s1. The molecule has 1 saturated carbocycles. The van der Waals surface area contributed by atoms with Crippen LogP contribution in [0.25, 0.3) is 10.8 Å². The monoisotopic (exact) mass is 807 g/mol. The van der Waals surface area contributed by atoms with Crippen molar-refractivity contribution >= 4 is 55.6 Å². The summed E-state index contributed by atoms with van der Waals surface area (Å²) < 4.78 is 79.7. The van der Waals surface area contributed by atoms with Crippen molar-refractivity contribution in [3.63, 3.8) is 0 Å². The van der Waals surface area contributed by atoms with Crippen molar-refractivity contribution in [3.05, 3.63) is 119 Å². The van der Waals surface area contributed by atoms with Crippen molar-refractivity contribution in [1.29, 1.82) is 0 Å². The van der Waals surface area contributed by atoms with Crippen LogP contribution in [0.15, 0.2) is 96.0 Å². The third kappa shape index (κ3) is 9.60. The van der Waals surface area contributed by atoms with Crippen molar-refractivity contribution in [1.82, 2.24) is 9.88 Å². The van der Waals surface area contributed by atoms with E-state index in [1.807, 2.05) is 36.4 Å². The Morgan fingerprint density at radius 3 is 2.39 bits per heavy atom. The molecule has 298 valence electrons. The number of hydrogen-bond donors (Lipinski definition) is 4. The number of pyridine rings is 1. The summed E-state index contributed by atoms with van der Waals surface area (Å²) in [5, 5.41) is 13.5. The molecule has 1 aliphatic carbocycles. The number of fused-ring (bicyclic) bond motifs is 5. The zero-order valence-electron chi connectivity index (χ0n) is 30.3. The predicted molar refractivity (Wildman–Crippen MR) is 203 cm³/mol. The van der Waals surface area contributed by atoms with Gasteiger partial charge in [0, 0.05) is 42.2 Å². The number of amides is 2. The molecule has 17 heteroatoms. The van der Waals surface area contributed by atoms with E-state index in [1.165, 1.54) is 11.0 Å². The van der Waals surface area contributed by atoms with Crippen LogP contribution < -0.4 is 21.1 Å². The Labute approximate surface area is 324 Å². The maximum Gasteiger partial charge on any atom is 0.490 e. The van der Waals surface area contributed by atoms with E-state index in [1.54, 1.807) is 49.5 Å². The lowest BCUT2D eigenvalue weighted by atomic mass is 9.98. The molecule has 4 aromatic carbocycles. The minimum atomic E-state index is -5.08. The number of carbonyl (C=O) groups excluding carboxylic acids is 2. The topological polar surface area (TPSA) is 181 Å². The number of hydrogen-bond acceptors (Lipinski definition) is 9. The van der Waals surface area contributed by atoms with Crippen LogP contribution in [0, 0.1) is 5.82 Å². The number of carboxylic acids is 1. The van der Waals surface area contributed by atoms with Gasteiger partial charge in [-0.2, -0.15) is 13.2 Å². The molecule has 7 rings (SSSR count). The molecule has 2 heterocycles. The van der Waals surface area contributed by atoms with Crippen LogP contribution in [0.1, 0.15) is 47.6 Å². The summed E-state index contributed by atoms with van der Waals surface area (Å²) in [6.45, 7) is 0.268. The Morgan fingerprint density at radius 1 is 0.982 bits per heavy atom. The number of halogens is 4. The zero-order valence-corrected chi connectivity index (χ0v) is 31.2. The van der Waals surface area contributed by atoms with Gasteiger partial charge in [-0.25, -0.2) is 22.6 Å². The molecule has 0 radical (unpaired) electrons. The SMILES string of the molecule is CN1Cc2cc(ccc2S(=O)(=O)C2CC2)NC(=O)CCc2cc(ccc2OCc2ccccc2)[C@@H](Nc2ccc3c(N)ncc(F)c3c2)C1=O.O=C(O)C(F)(F)F. The molecule has 0 saturated heterocycles. The molecule has 0 unspecified atom stereocenters. The van der Waals surface area contributed by atoms with Gasteiger partial charge >= 0.3 is 12.1 Å². The molecule has 5 aromatic rings. The summed E-state index contributed by atoms with van der Waals surface area (Å²) >= 11 is 0. The Hall–Kier alpha value is -6.23. The van der Waals surface area contributed by atoms with Crippen LogP contribution in [0.3, 0.4) is 0 Å². The van der Waals surface area contributed by atoms with E-state index in [2.05, 4.69) is 15.6 Å². The van der Waals surface area contributed by atoms with E-state index in [-0.39, 0.29) is 40.9 Å². The number of aryl methyl sites for hydroxylation is 1. The maximum absolute atomic E-state index is 14.9. The summed E-state index contributed by atoms with van der Waals surface area (Å²) in [6, 6.07) is 23.8. The Balaban J connectivity index is 0.000000719. The lowest BCUT2D eigenvalue weighted by molar-refractivity contribution is -0.192. The number of alkyl halides is 3. The maximum atomic E-state index is 14.9. The number of anilines is 3. The summed E-state index contributed by atoms with van der Waals surface area (Å²) in [4.78, 5) is 42.1. The first-order chi connectivity index (χ1) is 27.0. The third-order valence-corrected chi connectivity index (χ3v) is 11.7. The van der Waals surface area contributed by atoms with Crippen molar-refractivity contribution < 1.29 is 50.2 Å². The van der Waals surface area contributed by atoms with Crippen molar-refractivity contribution in [2.45, 2.75) is 61.2 Å². The number of carboxylic acid groups (broad SMARTS) is 1. The minimum absolute atomic E-state index is 0.0400. The van der Waals surface area contributed by atoms with Crippen LogP contribution in [0.5, 0.6) is 5.75 Å². The molecule has 1 aromatic heterocycles. The van der Waals surface area contributed by atoms with Gasteiger partial charge in [0.15, 0.2) is 9.84 Å². The van der Waals surface area contributed by atoms with Gasteiger partial charge in [0.05, 0.1) is 16.3 Å². The highest BCUT2D eigenvalue weighted by atomic mass is 32.2. The summed E-state index contributed by atoms with van der Waals surface area (Å²) in [7, 11) is -2.02. The van der Waals surface area contributed by atoms with E-state index >= 15 is 0 Å². The summed E-state index contributed by atoms with van der Waals surface area (Å²) in [6.07, 6.45) is -2.45. The van der Waals surface area contributed by atoms with Crippen LogP contribution in [-0.2, 0) is 43.8 Å². The van der Waals surface area contributed by atoms with E-state index in [9.17, 15) is 35.6 Å². The van der Waals surface area contributed by atoms with Gasteiger partial charge in [0.2, 0.25) is 11.8 Å². The smallest absolute Gasteiger partial charge is 0.489 e. The minimum Gasteiger partial charge on any atom is -0.489 e. The van der Waals surface area contributed by atoms with Gasteiger partial charge in [-0.05, 0) is 90.0 Å². The van der Waals surface area contributed by atoms with E-state index < -0.39 is 39.1 Å². The molecule has 1 aliphatic heterocycles. The number of rotatable bonds is 7. The first kappa shape index (κ1) is 40.4. The highest BCUT2D eigenvalue weighted by Gasteiger charge is 2.39.